The van der Waals surface area contributed by atoms with Gasteiger partial charge in [0, 0.05) is 15.1 Å². The van der Waals surface area contributed by atoms with Crippen LogP contribution in [0.1, 0.15) is 6.92 Å². The zero-order valence-electron chi connectivity index (χ0n) is 12.2. The molecule has 0 spiro atoms. The molecule has 9 heteroatoms. The Bertz CT molecular complexity index is 849. The first-order chi connectivity index (χ1) is 11.1. The average molecular weight is 427 g/mol. The van der Waals surface area contributed by atoms with Crippen LogP contribution in [0.25, 0.3) is 0 Å². The molecule has 0 aromatic heterocycles. The molecule has 4 nitrogen and oxygen atoms in total. The molecule has 2 rings (SSSR count). The summed E-state index contributed by atoms with van der Waals surface area (Å²) in [5.74, 6) is 0. The van der Waals surface area contributed by atoms with Crippen LogP contribution in [0.15, 0.2) is 47.4 Å². The van der Waals surface area contributed by atoms with Gasteiger partial charge in [0.15, 0.2) is 0 Å². The SMILES string of the molecule is CC(C(=O)Cl)N(c1cc(Cl)cc(Cl)c1)S(=O)(=O)c1ccc(Cl)cc1. The van der Waals surface area contributed by atoms with E-state index in [1.54, 1.807) is 0 Å². The molecular formula is C15H11Cl4NO3S. The monoisotopic (exact) mass is 425 g/mol. The molecule has 0 heterocycles. The van der Waals surface area contributed by atoms with Crippen molar-refractivity contribution in [2.75, 3.05) is 4.31 Å². The number of carbonyl (C=O) groups excluding carboxylic acids is 1. The van der Waals surface area contributed by atoms with E-state index < -0.39 is 21.3 Å². The van der Waals surface area contributed by atoms with E-state index in [1.807, 2.05) is 0 Å². The second-order valence-corrected chi connectivity index (χ2v) is 8.36. The van der Waals surface area contributed by atoms with Gasteiger partial charge in [0.25, 0.3) is 10.0 Å². The van der Waals surface area contributed by atoms with Crippen molar-refractivity contribution in [3.63, 3.8) is 0 Å². The number of hydrogen-bond donors (Lipinski definition) is 0. The summed E-state index contributed by atoms with van der Waals surface area (Å²) < 4.78 is 26.9. The van der Waals surface area contributed by atoms with Gasteiger partial charge >= 0.3 is 0 Å². The van der Waals surface area contributed by atoms with Crippen molar-refractivity contribution in [3.05, 3.63) is 57.5 Å². The highest BCUT2D eigenvalue weighted by molar-refractivity contribution is 7.93. The van der Waals surface area contributed by atoms with Crippen LogP contribution < -0.4 is 4.31 Å². The molecule has 0 aliphatic rings. The number of halogens is 4. The van der Waals surface area contributed by atoms with Gasteiger partial charge in [-0.15, -0.1) is 0 Å². The van der Waals surface area contributed by atoms with Crippen LogP contribution in [0.4, 0.5) is 5.69 Å². The molecule has 1 unspecified atom stereocenters. The summed E-state index contributed by atoms with van der Waals surface area (Å²) in [6.07, 6.45) is 0. The van der Waals surface area contributed by atoms with Crippen molar-refractivity contribution >= 4 is 67.4 Å². The van der Waals surface area contributed by atoms with E-state index in [1.165, 1.54) is 49.4 Å². The Kier molecular flexibility index (Phi) is 6.04. The van der Waals surface area contributed by atoms with Gasteiger partial charge in [-0.25, -0.2) is 8.42 Å². The van der Waals surface area contributed by atoms with E-state index in [4.69, 9.17) is 46.4 Å². The summed E-state index contributed by atoms with van der Waals surface area (Å²) in [6.45, 7) is 1.37. The lowest BCUT2D eigenvalue weighted by Gasteiger charge is -2.28. The maximum atomic E-state index is 13.0. The molecule has 24 heavy (non-hydrogen) atoms. The quantitative estimate of drug-likeness (QED) is 0.632. The van der Waals surface area contributed by atoms with Gasteiger partial charge < -0.3 is 0 Å². The Morgan fingerprint density at radius 2 is 1.46 bits per heavy atom. The van der Waals surface area contributed by atoms with E-state index in [2.05, 4.69) is 0 Å². The second kappa shape index (κ2) is 7.50. The summed E-state index contributed by atoms with van der Waals surface area (Å²) in [5.41, 5.74) is 0.129. The van der Waals surface area contributed by atoms with Crippen LogP contribution in [0.2, 0.25) is 15.1 Å². The van der Waals surface area contributed by atoms with Gasteiger partial charge in [-0.2, -0.15) is 0 Å². The Labute approximate surface area is 159 Å². The minimum atomic E-state index is -4.10. The highest BCUT2D eigenvalue weighted by atomic mass is 35.5. The number of benzene rings is 2. The highest BCUT2D eigenvalue weighted by Gasteiger charge is 2.33. The van der Waals surface area contributed by atoms with Gasteiger partial charge in [-0.3, -0.25) is 9.10 Å². The first kappa shape index (κ1) is 19.3. The van der Waals surface area contributed by atoms with Crippen molar-refractivity contribution in [2.45, 2.75) is 17.9 Å². The molecule has 0 saturated heterocycles. The molecule has 0 saturated carbocycles. The predicted octanol–water partition coefficient (Wildman–Crippen LogP) is 5.00. The lowest BCUT2D eigenvalue weighted by atomic mass is 10.3. The number of anilines is 1. The molecule has 128 valence electrons. The van der Waals surface area contributed by atoms with Gasteiger partial charge in [0.1, 0.15) is 6.04 Å². The van der Waals surface area contributed by atoms with Crippen molar-refractivity contribution in [1.29, 1.82) is 0 Å². The zero-order chi connectivity index (χ0) is 18.1. The van der Waals surface area contributed by atoms with E-state index in [0.717, 1.165) is 4.31 Å². The third-order valence-corrected chi connectivity index (χ3v) is 6.07. The Hall–Kier alpha value is -0.980. The lowest BCUT2D eigenvalue weighted by Crippen LogP contribution is -2.42. The standard InChI is InChI=1S/C15H11Cl4NO3S/c1-9(15(19)21)20(13-7-11(17)6-12(18)8-13)24(22,23)14-4-2-10(16)3-5-14/h2-9H,1H3. The molecule has 2 aromatic carbocycles. The summed E-state index contributed by atoms with van der Waals surface area (Å²) in [5, 5.41) is -0.0116. The summed E-state index contributed by atoms with van der Waals surface area (Å²) >= 11 is 23.2. The Morgan fingerprint density at radius 1 is 0.958 bits per heavy atom. The third kappa shape index (κ3) is 4.16. The van der Waals surface area contributed by atoms with Crippen molar-refractivity contribution in [2.24, 2.45) is 0 Å². The van der Waals surface area contributed by atoms with Crippen LogP contribution in [0.3, 0.4) is 0 Å². The van der Waals surface area contributed by atoms with Crippen LogP contribution in [0.5, 0.6) is 0 Å². The molecule has 0 aliphatic carbocycles. The maximum absolute atomic E-state index is 13.0. The van der Waals surface area contributed by atoms with E-state index in [9.17, 15) is 13.2 Å². The first-order valence-corrected chi connectivity index (χ1v) is 9.53. The van der Waals surface area contributed by atoms with Crippen molar-refractivity contribution in [3.8, 4) is 0 Å². The van der Waals surface area contributed by atoms with Gasteiger partial charge in [-0.1, -0.05) is 34.8 Å². The van der Waals surface area contributed by atoms with Crippen LogP contribution in [0, 0.1) is 0 Å². The summed E-state index contributed by atoms with van der Waals surface area (Å²) in [4.78, 5) is 11.6. The second-order valence-electron chi connectivity index (χ2n) is 4.86. The minimum absolute atomic E-state index is 0.0484. The van der Waals surface area contributed by atoms with Crippen LogP contribution >= 0.6 is 46.4 Å². The fourth-order valence-electron chi connectivity index (χ4n) is 2.05. The van der Waals surface area contributed by atoms with E-state index in [-0.39, 0.29) is 20.6 Å². The largest absolute Gasteiger partial charge is 0.279 e. The fraction of sp³-hybridized carbons (Fsp3) is 0.133. The van der Waals surface area contributed by atoms with Crippen LogP contribution in [-0.4, -0.2) is 19.7 Å². The number of sulfonamides is 1. The zero-order valence-corrected chi connectivity index (χ0v) is 16.1. The number of rotatable bonds is 5. The first-order valence-electron chi connectivity index (χ1n) is 6.58. The third-order valence-electron chi connectivity index (χ3n) is 3.15. The molecule has 0 fully saturated rings. The average Bonchev–Trinajstić information content (AvgIpc) is 2.46. The summed E-state index contributed by atoms with van der Waals surface area (Å²) in [7, 11) is -4.10. The van der Waals surface area contributed by atoms with Gasteiger partial charge in [0.05, 0.1) is 10.6 Å². The molecule has 0 aliphatic heterocycles. The number of carbonyl (C=O) groups is 1. The Morgan fingerprint density at radius 3 is 1.92 bits per heavy atom. The van der Waals surface area contributed by atoms with E-state index >= 15 is 0 Å². The molecule has 0 N–H and O–H groups in total. The summed E-state index contributed by atoms with van der Waals surface area (Å²) in [6, 6.07) is 8.60. The molecular weight excluding hydrogens is 416 g/mol. The molecule has 0 amide bonds. The number of hydrogen-bond acceptors (Lipinski definition) is 3. The maximum Gasteiger partial charge on any atom is 0.265 e. The topological polar surface area (TPSA) is 54.5 Å². The highest BCUT2D eigenvalue weighted by Crippen LogP contribution is 2.32. The smallest absolute Gasteiger partial charge is 0.265 e. The van der Waals surface area contributed by atoms with Crippen LogP contribution in [-0.2, 0) is 14.8 Å². The molecule has 2 aromatic rings. The molecule has 1 atom stereocenters. The number of nitrogens with zero attached hydrogens (tertiary/aromatic N) is 1. The predicted molar refractivity (Wildman–Crippen MR) is 97.9 cm³/mol. The van der Waals surface area contributed by atoms with Crippen molar-refractivity contribution in [1.82, 2.24) is 0 Å². The van der Waals surface area contributed by atoms with E-state index in [0.29, 0.717) is 5.02 Å². The minimum Gasteiger partial charge on any atom is -0.279 e. The van der Waals surface area contributed by atoms with Gasteiger partial charge in [-0.05, 0) is 61.0 Å². The molecule has 0 radical (unpaired) electrons. The normalized spacial score (nSPS) is 12.7. The fourth-order valence-corrected chi connectivity index (χ4v) is 4.45. The Balaban J connectivity index is 2.66. The molecule has 0 bridgehead atoms. The van der Waals surface area contributed by atoms with Crippen molar-refractivity contribution < 1.29 is 13.2 Å². The lowest BCUT2D eigenvalue weighted by molar-refractivity contribution is -0.112. The van der Waals surface area contributed by atoms with Gasteiger partial charge in [0.2, 0.25) is 5.24 Å².